The van der Waals surface area contributed by atoms with Gasteiger partial charge in [0.1, 0.15) is 12.1 Å². The number of halogens is 1. The highest BCUT2D eigenvalue weighted by Gasteiger charge is 2.14. The Hall–Kier alpha value is -1.93. The summed E-state index contributed by atoms with van der Waals surface area (Å²) in [6.07, 6.45) is 1.34. The van der Waals surface area contributed by atoms with Crippen molar-refractivity contribution in [1.82, 2.24) is 14.3 Å². The molecule has 0 unspecified atom stereocenters. The maximum atomic E-state index is 13.7. The van der Waals surface area contributed by atoms with Crippen molar-refractivity contribution in [2.75, 3.05) is 0 Å². The summed E-state index contributed by atoms with van der Waals surface area (Å²) in [5.41, 5.74) is -0.0366. The molecule has 0 bridgehead atoms. The Kier molecular flexibility index (Phi) is 3.31. The number of nitrogens with zero attached hydrogens (tertiary/aromatic N) is 3. The molecule has 0 aliphatic rings. The van der Waals surface area contributed by atoms with Crippen LogP contribution in [0.25, 0.3) is 0 Å². The Morgan fingerprint density at radius 1 is 1.44 bits per heavy atom. The second-order valence-electron chi connectivity index (χ2n) is 3.91. The minimum Gasteiger partial charge on any atom is -0.423 e. The molecule has 0 saturated carbocycles. The van der Waals surface area contributed by atoms with Crippen molar-refractivity contribution in [1.29, 1.82) is 0 Å². The summed E-state index contributed by atoms with van der Waals surface area (Å²) < 4.78 is 16.1. The van der Waals surface area contributed by atoms with Gasteiger partial charge < -0.3 is 10.0 Å². The molecule has 0 radical (unpaired) electrons. The highest BCUT2D eigenvalue weighted by Crippen LogP contribution is 2.06. The zero-order valence-corrected chi connectivity index (χ0v) is 9.62. The van der Waals surface area contributed by atoms with Crippen LogP contribution >= 0.6 is 0 Å². The quantitative estimate of drug-likeness (QED) is 0.647. The summed E-state index contributed by atoms with van der Waals surface area (Å²) in [5.74, 6) is -0.613. The van der Waals surface area contributed by atoms with Gasteiger partial charge in [0.15, 0.2) is 0 Å². The van der Waals surface area contributed by atoms with Crippen LogP contribution in [0, 0.1) is 5.82 Å². The summed E-state index contributed by atoms with van der Waals surface area (Å²) in [7, 11) is -0.168. The fourth-order valence-corrected chi connectivity index (χ4v) is 1.54. The van der Waals surface area contributed by atoms with Crippen molar-refractivity contribution in [3.63, 3.8) is 0 Å². The van der Waals surface area contributed by atoms with Gasteiger partial charge in [-0.1, -0.05) is 12.1 Å². The average Bonchev–Trinajstić information content (AvgIpc) is 2.63. The van der Waals surface area contributed by atoms with E-state index in [1.54, 1.807) is 7.05 Å². The smallest absolute Gasteiger partial charge is 0.423 e. The van der Waals surface area contributed by atoms with Gasteiger partial charge in [-0.15, -0.1) is 0 Å². The van der Waals surface area contributed by atoms with E-state index < -0.39 is 12.9 Å². The molecule has 0 atom stereocenters. The van der Waals surface area contributed by atoms with Crippen LogP contribution in [0.4, 0.5) is 4.39 Å². The van der Waals surface area contributed by atoms with Crippen LogP contribution in [-0.4, -0.2) is 31.5 Å². The topological polar surface area (TPSA) is 80.3 Å². The number of benzene rings is 1. The molecule has 0 fully saturated rings. The van der Waals surface area contributed by atoms with Crippen molar-refractivity contribution in [2.45, 2.75) is 6.54 Å². The Labute approximate surface area is 102 Å². The summed E-state index contributed by atoms with van der Waals surface area (Å²) >= 11 is 0. The highest BCUT2D eigenvalue weighted by atomic mass is 19.1. The lowest BCUT2D eigenvalue weighted by Crippen LogP contribution is -2.30. The van der Waals surface area contributed by atoms with Crippen molar-refractivity contribution in [2.24, 2.45) is 7.05 Å². The molecule has 0 aliphatic heterocycles. The van der Waals surface area contributed by atoms with Gasteiger partial charge in [-0.3, -0.25) is 4.57 Å². The van der Waals surface area contributed by atoms with Crippen LogP contribution in [-0.2, 0) is 13.6 Å². The minimum atomic E-state index is -1.72. The molecule has 0 aliphatic carbocycles. The summed E-state index contributed by atoms with van der Waals surface area (Å²) in [5, 5.41) is 21.6. The first kappa shape index (κ1) is 12.5. The van der Waals surface area contributed by atoms with E-state index in [9.17, 15) is 9.18 Å². The van der Waals surface area contributed by atoms with Gasteiger partial charge >= 0.3 is 12.8 Å². The lowest BCUT2D eigenvalue weighted by Gasteiger charge is -2.05. The lowest BCUT2D eigenvalue weighted by molar-refractivity contribution is 0.425. The third-order valence-corrected chi connectivity index (χ3v) is 2.58. The van der Waals surface area contributed by atoms with Gasteiger partial charge in [-0.2, -0.15) is 5.10 Å². The number of aryl methyl sites for hydroxylation is 1. The van der Waals surface area contributed by atoms with Crippen molar-refractivity contribution in [3.8, 4) is 0 Å². The number of rotatable bonds is 3. The fraction of sp³-hybridized carbons (Fsp3) is 0.200. The monoisotopic (exact) mass is 251 g/mol. The Morgan fingerprint density at radius 3 is 2.67 bits per heavy atom. The first-order valence-electron chi connectivity index (χ1n) is 5.22. The molecule has 8 heteroatoms. The van der Waals surface area contributed by atoms with Gasteiger partial charge in [0.05, 0.1) is 6.54 Å². The van der Waals surface area contributed by atoms with Gasteiger partial charge in [-0.05, 0) is 11.5 Å². The van der Waals surface area contributed by atoms with Crippen LogP contribution < -0.4 is 11.2 Å². The van der Waals surface area contributed by atoms with Crippen LogP contribution in [0.5, 0.6) is 0 Å². The first-order chi connectivity index (χ1) is 8.49. The van der Waals surface area contributed by atoms with Crippen molar-refractivity contribution < 1.29 is 14.4 Å². The second kappa shape index (κ2) is 4.75. The van der Waals surface area contributed by atoms with Crippen molar-refractivity contribution in [3.05, 3.63) is 46.4 Å². The fourth-order valence-electron chi connectivity index (χ4n) is 1.54. The number of aromatic nitrogens is 3. The Balaban J connectivity index is 2.30. The van der Waals surface area contributed by atoms with E-state index in [4.69, 9.17) is 10.0 Å². The minimum absolute atomic E-state index is 0.00664. The van der Waals surface area contributed by atoms with E-state index in [-0.39, 0.29) is 23.3 Å². The van der Waals surface area contributed by atoms with E-state index in [1.165, 1.54) is 23.0 Å². The third kappa shape index (κ3) is 2.34. The van der Waals surface area contributed by atoms with Crippen LogP contribution in [0.3, 0.4) is 0 Å². The molecule has 1 aromatic carbocycles. The highest BCUT2D eigenvalue weighted by molar-refractivity contribution is 6.58. The number of hydrogen-bond donors (Lipinski definition) is 2. The molecule has 0 saturated heterocycles. The van der Waals surface area contributed by atoms with E-state index in [0.717, 1.165) is 10.7 Å². The Morgan fingerprint density at radius 2 is 2.17 bits per heavy atom. The van der Waals surface area contributed by atoms with Crippen LogP contribution in [0.1, 0.15) is 5.56 Å². The molecule has 0 spiro atoms. The molecular formula is C10H11BFN3O3. The normalized spacial score (nSPS) is 10.7. The third-order valence-electron chi connectivity index (χ3n) is 2.58. The lowest BCUT2D eigenvalue weighted by atomic mass is 9.80. The molecule has 2 aromatic rings. The molecule has 18 heavy (non-hydrogen) atoms. The predicted octanol–water partition coefficient (Wildman–Crippen LogP) is -1.55. The molecule has 6 nitrogen and oxygen atoms in total. The Bertz CT molecular complexity index is 623. The molecule has 0 amide bonds. The van der Waals surface area contributed by atoms with Gasteiger partial charge in [-0.25, -0.2) is 13.9 Å². The first-order valence-corrected chi connectivity index (χ1v) is 5.22. The average molecular weight is 251 g/mol. The molecular weight excluding hydrogens is 240 g/mol. The standard InChI is InChI=1S/C10H11BFN3O3/c1-14-6-13-15(10(14)16)5-7-2-3-8(11(17)18)4-9(7)12/h2-4,6,17-18H,5H2,1H3. The largest absolute Gasteiger partial charge is 0.488 e. The zero-order valence-electron chi connectivity index (χ0n) is 9.62. The molecule has 2 N–H and O–H groups in total. The second-order valence-corrected chi connectivity index (χ2v) is 3.91. The van der Waals surface area contributed by atoms with E-state index in [0.29, 0.717) is 0 Å². The maximum Gasteiger partial charge on any atom is 0.488 e. The molecule has 2 rings (SSSR count). The van der Waals surface area contributed by atoms with E-state index >= 15 is 0 Å². The zero-order chi connectivity index (χ0) is 13.3. The van der Waals surface area contributed by atoms with Gasteiger partial charge in [0.2, 0.25) is 0 Å². The molecule has 1 aromatic heterocycles. The molecule has 94 valence electrons. The maximum absolute atomic E-state index is 13.7. The SMILES string of the molecule is Cn1cnn(Cc2ccc(B(O)O)cc2F)c1=O. The summed E-state index contributed by atoms with van der Waals surface area (Å²) in [4.78, 5) is 11.5. The van der Waals surface area contributed by atoms with Crippen LogP contribution in [0.2, 0.25) is 0 Å². The van der Waals surface area contributed by atoms with Crippen molar-refractivity contribution >= 4 is 12.6 Å². The molecule has 1 heterocycles. The van der Waals surface area contributed by atoms with Gasteiger partial charge in [0, 0.05) is 12.6 Å². The van der Waals surface area contributed by atoms with Crippen LogP contribution in [0.15, 0.2) is 29.3 Å². The number of hydrogen-bond acceptors (Lipinski definition) is 4. The predicted molar refractivity (Wildman–Crippen MR) is 62.8 cm³/mol. The summed E-state index contributed by atoms with van der Waals surface area (Å²) in [6.45, 7) is -0.00664. The van der Waals surface area contributed by atoms with Gasteiger partial charge in [0.25, 0.3) is 0 Å². The van der Waals surface area contributed by atoms with E-state index in [1.807, 2.05) is 0 Å². The summed E-state index contributed by atoms with van der Waals surface area (Å²) in [6, 6.07) is 3.80. The van der Waals surface area contributed by atoms with E-state index in [2.05, 4.69) is 5.10 Å².